The Morgan fingerprint density at radius 2 is 1.31 bits per heavy atom. The van der Waals surface area contributed by atoms with Crippen LogP contribution in [0.3, 0.4) is 0 Å². The van der Waals surface area contributed by atoms with Crippen LogP contribution in [0.5, 0.6) is 0 Å². The monoisotopic (exact) mass is 526 g/mol. The lowest BCUT2D eigenvalue weighted by atomic mass is 10.00. The van der Waals surface area contributed by atoms with Gasteiger partial charge in [-0.3, -0.25) is 20.4 Å². The van der Waals surface area contributed by atoms with Gasteiger partial charge < -0.3 is 10.4 Å². The van der Waals surface area contributed by atoms with Gasteiger partial charge in [0.1, 0.15) is 6.61 Å². The van der Waals surface area contributed by atoms with Gasteiger partial charge in [0.05, 0.1) is 23.4 Å². The van der Waals surface area contributed by atoms with E-state index in [9.17, 15) is 14.7 Å². The van der Waals surface area contributed by atoms with Gasteiger partial charge in [-0.05, 0) is 77.9 Å². The number of hydrogen-bond donors (Lipinski definition) is 4. The number of carbonyl (C=O) groups excluding carboxylic acids is 1. The molecule has 0 aliphatic rings. The molecule has 0 spiro atoms. The van der Waals surface area contributed by atoms with Crippen LogP contribution in [0.25, 0.3) is 0 Å². The highest BCUT2D eigenvalue weighted by atomic mass is 17.1. The number of amides is 1. The second-order valence-electron chi connectivity index (χ2n) is 9.21. The summed E-state index contributed by atoms with van der Waals surface area (Å²) < 4.78 is 0. The number of nitrogens with one attached hydrogen (secondary N) is 2. The van der Waals surface area contributed by atoms with E-state index in [1.54, 1.807) is 12.1 Å². The highest BCUT2D eigenvalue weighted by Crippen LogP contribution is 2.23. The van der Waals surface area contributed by atoms with Gasteiger partial charge in [-0.25, -0.2) is 9.68 Å². The molecule has 0 bridgehead atoms. The van der Waals surface area contributed by atoms with E-state index < -0.39 is 11.9 Å². The standard InChI is InChI=1S/C31H30N2O6/c1-20-15-22(11-13-28(20)32-30(34)26-9-5-6-10-27(26)31(35)36)17-23-12-14-29(21(2)16-23)33-38-18-24-7-3-4-8-25(24)19-39-37/h3-16,33,37H,17-19H2,1-2H3,(H,32,34)(H,35,36). The Morgan fingerprint density at radius 1 is 0.744 bits per heavy atom. The molecule has 0 aliphatic heterocycles. The maximum atomic E-state index is 12.7. The van der Waals surface area contributed by atoms with Crippen LogP contribution >= 0.6 is 0 Å². The summed E-state index contributed by atoms with van der Waals surface area (Å²) in [5.41, 5.74) is 10.4. The lowest BCUT2D eigenvalue weighted by Gasteiger charge is -2.14. The van der Waals surface area contributed by atoms with E-state index in [1.807, 2.05) is 68.4 Å². The molecule has 4 rings (SSSR count). The van der Waals surface area contributed by atoms with Gasteiger partial charge in [0.15, 0.2) is 0 Å². The molecule has 4 N–H and O–H groups in total. The molecule has 0 radical (unpaired) electrons. The first-order valence-corrected chi connectivity index (χ1v) is 12.4. The third kappa shape index (κ3) is 7.08. The molecule has 0 atom stereocenters. The zero-order valence-corrected chi connectivity index (χ0v) is 21.7. The van der Waals surface area contributed by atoms with Crippen molar-refractivity contribution in [2.45, 2.75) is 33.5 Å². The van der Waals surface area contributed by atoms with Crippen LogP contribution in [0.15, 0.2) is 84.9 Å². The molecule has 0 heterocycles. The van der Waals surface area contributed by atoms with Crippen molar-refractivity contribution < 1.29 is 29.7 Å². The Kier molecular flexibility index (Phi) is 9.06. The molecule has 4 aromatic carbocycles. The van der Waals surface area contributed by atoms with Crippen molar-refractivity contribution in [1.82, 2.24) is 0 Å². The molecule has 39 heavy (non-hydrogen) atoms. The summed E-state index contributed by atoms with van der Waals surface area (Å²) in [6.45, 7) is 4.31. The molecule has 8 nitrogen and oxygen atoms in total. The van der Waals surface area contributed by atoms with Crippen molar-refractivity contribution in [2.75, 3.05) is 10.8 Å². The largest absolute Gasteiger partial charge is 0.478 e. The fourth-order valence-electron chi connectivity index (χ4n) is 4.32. The molecule has 200 valence electrons. The SMILES string of the molecule is Cc1cc(Cc2ccc(NC(=O)c3ccccc3C(=O)O)c(C)c2)ccc1NOCc1ccccc1COO. The first-order chi connectivity index (χ1) is 18.9. The second kappa shape index (κ2) is 12.8. The average Bonchev–Trinajstić information content (AvgIpc) is 2.92. The van der Waals surface area contributed by atoms with Crippen molar-refractivity contribution in [1.29, 1.82) is 0 Å². The van der Waals surface area contributed by atoms with Gasteiger partial charge in [-0.2, -0.15) is 0 Å². The van der Waals surface area contributed by atoms with Crippen LogP contribution < -0.4 is 10.8 Å². The van der Waals surface area contributed by atoms with Gasteiger partial charge in [0.2, 0.25) is 0 Å². The Morgan fingerprint density at radius 3 is 1.90 bits per heavy atom. The molecule has 0 fully saturated rings. The van der Waals surface area contributed by atoms with Crippen molar-refractivity contribution in [3.8, 4) is 0 Å². The molecule has 0 unspecified atom stereocenters. The summed E-state index contributed by atoms with van der Waals surface area (Å²) in [7, 11) is 0. The molecule has 0 saturated heterocycles. The normalized spacial score (nSPS) is 10.7. The Hall–Kier alpha value is -4.50. The molecule has 0 aliphatic carbocycles. The van der Waals surface area contributed by atoms with Gasteiger partial charge in [-0.15, -0.1) is 0 Å². The summed E-state index contributed by atoms with van der Waals surface area (Å²) in [6.07, 6.45) is 0.702. The minimum atomic E-state index is -1.14. The van der Waals surface area contributed by atoms with Crippen molar-refractivity contribution in [3.05, 3.63) is 129 Å². The third-order valence-corrected chi connectivity index (χ3v) is 6.39. The van der Waals surface area contributed by atoms with Crippen molar-refractivity contribution in [2.24, 2.45) is 0 Å². The fourth-order valence-corrected chi connectivity index (χ4v) is 4.32. The third-order valence-electron chi connectivity index (χ3n) is 6.39. The van der Waals surface area contributed by atoms with Gasteiger partial charge in [0, 0.05) is 5.69 Å². The van der Waals surface area contributed by atoms with E-state index >= 15 is 0 Å². The quantitative estimate of drug-likeness (QED) is 0.132. The van der Waals surface area contributed by atoms with Crippen LogP contribution in [0.4, 0.5) is 11.4 Å². The number of carboxylic acid groups (broad SMARTS) is 1. The van der Waals surface area contributed by atoms with Gasteiger partial charge in [0.25, 0.3) is 5.91 Å². The van der Waals surface area contributed by atoms with Crippen LogP contribution in [0.2, 0.25) is 0 Å². The second-order valence-corrected chi connectivity index (χ2v) is 9.21. The van der Waals surface area contributed by atoms with Crippen LogP contribution in [-0.2, 0) is 29.4 Å². The number of rotatable bonds is 11. The molecule has 1 amide bonds. The lowest BCUT2D eigenvalue weighted by molar-refractivity contribution is -0.253. The van der Waals surface area contributed by atoms with E-state index in [0.29, 0.717) is 18.7 Å². The van der Waals surface area contributed by atoms with E-state index in [0.717, 1.165) is 39.1 Å². The Balaban J connectivity index is 1.37. The lowest BCUT2D eigenvalue weighted by Crippen LogP contribution is -2.17. The van der Waals surface area contributed by atoms with E-state index in [2.05, 4.69) is 21.8 Å². The molecule has 8 heteroatoms. The van der Waals surface area contributed by atoms with E-state index in [4.69, 9.17) is 10.1 Å². The van der Waals surface area contributed by atoms with Crippen molar-refractivity contribution >= 4 is 23.3 Å². The topological polar surface area (TPSA) is 117 Å². The van der Waals surface area contributed by atoms with Crippen LogP contribution in [-0.4, -0.2) is 22.2 Å². The summed E-state index contributed by atoms with van der Waals surface area (Å²) in [6, 6.07) is 25.6. The zero-order chi connectivity index (χ0) is 27.8. The summed E-state index contributed by atoms with van der Waals surface area (Å²) in [5.74, 6) is -1.61. The minimum absolute atomic E-state index is 0.0379. The molecule has 0 saturated carbocycles. The Labute approximate surface area is 226 Å². The summed E-state index contributed by atoms with van der Waals surface area (Å²) in [4.78, 5) is 34.1. The maximum absolute atomic E-state index is 12.7. The van der Waals surface area contributed by atoms with Crippen LogP contribution in [0, 0.1) is 13.8 Å². The zero-order valence-electron chi connectivity index (χ0n) is 21.7. The van der Waals surface area contributed by atoms with Gasteiger partial charge in [-0.1, -0.05) is 60.7 Å². The van der Waals surface area contributed by atoms with Crippen LogP contribution in [0.1, 0.15) is 54.1 Å². The molecular weight excluding hydrogens is 496 g/mol. The van der Waals surface area contributed by atoms with E-state index in [-0.39, 0.29) is 17.7 Å². The predicted octanol–water partition coefficient (Wildman–Crippen LogP) is 6.38. The molecule has 0 aromatic heterocycles. The fraction of sp³-hybridized carbons (Fsp3) is 0.161. The minimum Gasteiger partial charge on any atom is -0.478 e. The maximum Gasteiger partial charge on any atom is 0.336 e. The van der Waals surface area contributed by atoms with Crippen molar-refractivity contribution in [3.63, 3.8) is 0 Å². The first kappa shape index (κ1) is 27.5. The summed E-state index contributed by atoms with van der Waals surface area (Å²) >= 11 is 0. The number of benzene rings is 4. The summed E-state index contributed by atoms with van der Waals surface area (Å²) in [5, 5.41) is 20.9. The smallest absolute Gasteiger partial charge is 0.336 e. The highest BCUT2D eigenvalue weighted by molar-refractivity contribution is 6.10. The Bertz CT molecular complexity index is 1480. The first-order valence-electron chi connectivity index (χ1n) is 12.4. The molecular formula is C31H30N2O6. The average molecular weight is 527 g/mol. The number of anilines is 2. The number of carbonyl (C=O) groups is 2. The number of aromatic carboxylic acids is 1. The molecule has 4 aromatic rings. The van der Waals surface area contributed by atoms with E-state index in [1.165, 1.54) is 12.1 Å². The number of hydrogen-bond acceptors (Lipinski definition) is 6. The highest BCUT2D eigenvalue weighted by Gasteiger charge is 2.16. The number of carboxylic acids is 1. The predicted molar refractivity (Wildman–Crippen MR) is 149 cm³/mol. The number of aryl methyl sites for hydroxylation is 2. The van der Waals surface area contributed by atoms with Gasteiger partial charge >= 0.3 is 5.97 Å².